The SMILES string of the molecule is CCN1N=C(c2ccc(CCN3CCN(c4ccccc4)CC3)cc2)CCC1=O. The molecule has 2 heterocycles. The summed E-state index contributed by atoms with van der Waals surface area (Å²) in [5.41, 5.74) is 4.85. The highest BCUT2D eigenvalue weighted by Crippen LogP contribution is 2.18. The summed E-state index contributed by atoms with van der Waals surface area (Å²) >= 11 is 0. The van der Waals surface area contributed by atoms with E-state index in [-0.39, 0.29) is 5.91 Å². The van der Waals surface area contributed by atoms with Crippen LogP contribution in [-0.4, -0.2) is 60.8 Å². The highest BCUT2D eigenvalue weighted by molar-refractivity contribution is 6.04. The second-order valence-corrected chi connectivity index (χ2v) is 7.77. The van der Waals surface area contributed by atoms with Gasteiger partial charge in [-0.15, -0.1) is 0 Å². The fraction of sp³-hybridized carbons (Fsp3) is 0.417. The monoisotopic (exact) mass is 390 g/mol. The summed E-state index contributed by atoms with van der Waals surface area (Å²) in [6.45, 7) is 8.12. The van der Waals surface area contributed by atoms with E-state index >= 15 is 0 Å². The Kier molecular flexibility index (Phi) is 6.25. The molecule has 0 unspecified atom stereocenters. The van der Waals surface area contributed by atoms with Crippen molar-refractivity contribution < 1.29 is 4.79 Å². The minimum Gasteiger partial charge on any atom is -0.369 e. The fourth-order valence-corrected chi connectivity index (χ4v) is 4.07. The van der Waals surface area contributed by atoms with E-state index in [0.29, 0.717) is 13.0 Å². The molecule has 2 aromatic carbocycles. The van der Waals surface area contributed by atoms with Gasteiger partial charge >= 0.3 is 0 Å². The summed E-state index contributed by atoms with van der Waals surface area (Å²) < 4.78 is 0. The van der Waals surface area contributed by atoms with Crippen molar-refractivity contribution >= 4 is 17.3 Å². The molecule has 2 aliphatic rings. The molecule has 0 atom stereocenters. The van der Waals surface area contributed by atoms with Gasteiger partial charge in [-0.05, 0) is 36.6 Å². The predicted molar refractivity (Wildman–Crippen MR) is 118 cm³/mol. The normalized spacial score (nSPS) is 18.1. The van der Waals surface area contributed by atoms with Gasteiger partial charge in [0.15, 0.2) is 0 Å². The van der Waals surface area contributed by atoms with Crippen molar-refractivity contribution in [3.05, 3.63) is 65.7 Å². The molecular weight excluding hydrogens is 360 g/mol. The minimum atomic E-state index is 0.125. The number of amides is 1. The summed E-state index contributed by atoms with van der Waals surface area (Å²) in [4.78, 5) is 16.8. The van der Waals surface area contributed by atoms with Crippen LogP contribution in [0.1, 0.15) is 30.9 Å². The van der Waals surface area contributed by atoms with E-state index in [2.05, 4.69) is 69.5 Å². The second-order valence-electron chi connectivity index (χ2n) is 7.77. The van der Waals surface area contributed by atoms with Crippen molar-refractivity contribution in [3.63, 3.8) is 0 Å². The van der Waals surface area contributed by atoms with Gasteiger partial charge in [0, 0.05) is 57.8 Å². The quantitative estimate of drug-likeness (QED) is 0.759. The Hall–Kier alpha value is -2.66. The van der Waals surface area contributed by atoms with Crippen LogP contribution in [0.25, 0.3) is 0 Å². The molecule has 0 aromatic heterocycles. The third kappa shape index (κ3) is 4.85. The van der Waals surface area contributed by atoms with Crippen LogP contribution < -0.4 is 4.90 Å². The molecule has 1 saturated heterocycles. The number of anilines is 1. The van der Waals surface area contributed by atoms with Crippen LogP contribution in [0.15, 0.2) is 59.7 Å². The number of benzene rings is 2. The molecule has 5 heteroatoms. The van der Waals surface area contributed by atoms with Crippen LogP contribution in [0.3, 0.4) is 0 Å². The van der Waals surface area contributed by atoms with E-state index in [1.165, 1.54) is 11.3 Å². The van der Waals surface area contributed by atoms with E-state index in [1.807, 2.05) is 6.92 Å². The molecule has 0 aliphatic carbocycles. The minimum absolute atomic E-state index is 0.125. The lowest BCUT2D eigenvalue weighted by Gasteiger charge is -2.36. The Bertz CT molecular complexity index is 839. The van der Waals surface area contributed by atoms with Crippen LogP contribution in [0.4, 0.5) is 5.69 Å². The molecule has 0 saturated carbocycles. The average molecular weight is 391 g/mol. The number of piperazine rings is 1. The topological polar surface area (TPSA) is 39.1 Å². The number of hydrazone groups is 1. The number of nitrogens with zero attached hydrogens (tertiary/aromatic N) is 4. The summed E-state index contributed by atoms with van der Waals surface area (Å²) in [6, 6.07) is 19.4. The van der Waals surface area contributed by atoms with E-state index < -0.39 is 0 Å². The standard InChI is InChI=1S/C24H30N4O/c1-2-28-24(29)13-12-23(25-28)21-10-8-20(9-11-21)14-15-26-16-18-27(19-17-26)22-6-4-3-5-7-22/h3-11H,2,12-19H2,1H3. The molecule has 2 aromatic rings. The van der Waals surface area contributed by atoms with Crippen molar-refractivity contribution in [2.45, 2.75) is 26.2 Å². The molecule has 152 valence electrons. The first-order valence-electron chi connectivity index (χ1n) is 10.7. The van der Waals surface area contributed by atoms with Gasteiger partial charge in [-0.2, -0.15) is 5.10 Å². The molecular formula is C24H30N4O. The second kappa shape index (κ2) is 9.23. The lowest BCUT2D eigenvalue weighted by molar-refractivity contribution is -0.131. The summed E-state index contributed by atoms with van der Waals surface area (Å²) in [5.74, 6) is 0.125. The van der Waals surface area contributed by atoms with Crippen molar-refractivity contribution in [3.8, 4) is 0 Å². The van der Waals surface area contributed by atoms with Gasteiger partial charge in [0.1, 0.15) is 0 Å². The number of para-hydroxylation sites is 1. The third-order valence-corrected chi connectivity index (χ3v) is 5.90. The number of hydrogen-bond acceptors (Lipinski definition) is 4. The molecule has 29 heavy (non-hydrogen) atoms. The molecule has 1 amide bonds. The zero-order valence-corrected chi connectivity index (χ0v) is 17.3. The number of hydrogen-bond donors (Lipinski definition) is 0. The molecule has 4 rings (SSSR count). The molecule has 5 nitrogen and oxygen atoms in total. The molecule has 0 spiro atoms. The van der Waals surface area contributed by atoms with E-state index in [0.717, 1.165) is 56.8 Å². The Morgan fingerprint density at radius 3 is 2.31 bits per heavy atom. The van der Waals surface area contributed by atoms with Gasteiger partial charge in [0.25, 0.3) is 0 Å². The lowest BCUT2D eigenvalue weighted by atomic mass is 10.0. The van der Waals surface area contributed by atoms with E-state index in [1.54, 1.807) is 5.01 Å². The molecule has 0 radical (unpaired) electrons. The third-order valence-electron chi connectivity index (χ3n) is 5.90. The molecule has 2 aliphatic heterocycles. The largest absolute Gasteiger partial charge is 0.369 e. The summed E-state index contributed by atoms with van der Waals surface area (Å²) in [6.07, 6.45) is 2.36. The Morgan fingerprint density at radius 2 is 1.62 bits per heavy atom. The van der Waals surface area contributed by atoms with Gasteiger partial charge in [0.2, 0.25) is 5.91 Å². The smallest absolute Gasteiger partial charge is 0.243 e. The molecule has 0 bridgehead atoms. The zero-order valence-electron chi connectivity index (χ0n) is 17.3. The fourth-order valence-electron chi connectivity index (χ4n) is 4.07. The maximum absolute atomic E-state index is 11.8. The van der Waals surface area contributed by atoms with Crippen LogP contribution in [0.5, 0.6) is 0 Å². The van der Waals surface area contributed by atoms with Crippen LogP contribution >= 0.6 is 0 Å². The predicted octanol–water partition coefficient (Wildman–Crippen LogP) is 3.40. The number of rotatable bonds is 6. The van der Waals surface area contributed by atoms with Gasteiger partial charge < -0.3 is 4.90 Å². The highest BCUT2D eigenvalue weighted by Gasteiger charge is 2.20. The molecule has 0 N–H and O–H groups in total. The lowest BCUT2D eigenvalue weighted by Crippen LogP contribution is -2.46. The van der Waals surface area contributed by atoms with Gasteiger partial charge in [0.05, 0.1) is 5.71 Å². The Morgan fingerprint density at radius 1 is 0.897 bits per heavy atom. The van der Waals surface area contributed by atoms with Gasteiger partial charge in [-0.3, -0.25) is 9.69 Å². The summed E-state index contributed by atoms with van der Waals surface area (Å²) in [5, 5.41) is 6.11. The van der Waals surface area contributed by atoms with Gasteiger partial charge in [-0.1, -0.05) is 42.5 Å². The van der Waals surface area contributed by atoms with Crippen molar-refractivity contribution in [1.82, 2.24) is 9.91 Å². The Labute approximate surface area is 173 Å². The maximum atomic E-state index is 11.8. The van der Waals surface area contributed by atoms with Crippen LogP contribution in [-0.2, 0) is 11.2 Å². The van der Waals surface area contributed by atoms with Crippen LogP contribution in [0.2, 0.25) is 0 Å². The highest BCUT2D eigenvalue weighted by atomic mass is 16.2. The van der Waals surface area contributed by atoms with E-state index in [9.17, 15) is 4.79 Å². The van der Waals surface area contributed by atoms with E-state index in [4.69, 9.17) is 0 Å². The number of carbonyl (C=O) groups is 1. The van der Waals surface area contributed by atoms with Crippen molar-refractivity contribution in [2.24, 2.45) is 5.10 Å². The first-order valence-corrected chi connectivity index (χ1v) is 10.7. The first-order chi connectivity index (χ1) is 14.2. The first kappa shape index (κ1) is 19.6. The molecule has 1 fully saturated rings. The van der Waals surface area contributed by atoms with Crippen molar-refractivity contribution in [2.75, 3.05) is 44.2 Å². The Balaban J connectivity index is 1.27. The van der Waals surface area contributed by atoms with Gasteiger partial charge in [-0.25, -0.2) is 5.01 Å². The van der Waals surface area contributed by atoms with Crippen molar-refractivity contribution in [1.29, 1.82) is 0 Å². The zero-order chi connectivity index (χ0) is 20.1. The van der Waals surface area contributed by atoms with Crippen LogP contribution in [0, 0.1) is 0 Å². The average Bonchev–Trinajstić information content (AvgIpc) is 2.79. The number of carbonyl (C=O) groups excluding carboxylic acids is 1. The maximum Gasteiger partial charge on any atom is 0.243 e. The summed E-state index contributed by atoms with van der Waals surface area (Å²) in [7, 11) is 0.